The van der Waals surface area contributed by atoms with Crippen LogP contribution >= 0.6 is 0 Å². The SMILES string of the molecule is CCOCc1ccc(CN=C(N)Nc2ccccc2COC)cc1. The summed E-state index contributed by atoms with van der Waals surface area (Å²) < 4.78 is 10.6. The summed E-state index contributed by atoms with van der Waals surface area (Å²) in [5, 5.41) is 3.13. The van der Waals surface area contributed by atoms with Crippen LogP contribution in [0, 0.1) is 0 Å². The van der Waals surface area contributed by atoms with Gasteiger partial charge in [-0.3, -0.25) is 0 Å². The molecule has 0 radical (unpaired) electrons. The highest BCUT2D eigenvalue weighted by Crippen LogP contribution is 2.15. The lowest BCUT2D eigenvalue weighted by molar-refractivity contribution is 0.134. The molecule has 2 aromatic rings. The molecule has 0 saturated heterocycles. The second-order valence-electron chi connectivity index (χ2n) is 5.37. The predicted octanol–water partition coefficient (Wildman–Crippen LogP) is 3.30. The van der Waals surface area contributed by atoms with E-state index in [1.807, 2.05) is 43.3 Å². The maximum absolute atomic E-state index is 5.99. The first-order valence-electron chi connectivity index (χ1n) is 8.02. The average Bonchev–Trinajstić information content (AvgIpc) is 2.61. The van der Waals surface area contributed by atoms with Crippen LogP contribution in [0.5, 0.6) is 0 Å². The molecule has 2 aromatic carbocycles. The van der Waals surface area contributed by atoms with E-state index in [4.69, 9.17) is 15.2 Å². The Balaban J connectivity index is 1.94. The van der Waals surface area contributed by atoms with Crippen LogP contribution in [-0.4, -0.2) is 19.7 Å². The maximum Gasteiger partial charge on any atom is 0.193 e. The zero-order valence-corrected chi connectivity index (χ0v) is 14.3. The fourth-order valence-electron chi connectivity index (χ4n) is 2.24. The van der Waals surface area contributed by atoms with E-state index < -0.39 is 0 Å². The smallest absolute Gasteiger partial charge is 0.193 e. The number of ether oxygens (including phenoxy) is 2. The van der Waals surface area contributed by atoms with Gasteiger partial charge in [-0.2, -0.15) is 0 Å². The predicted molar refractivity (Wildman–Crippen MR) is 97.9 cm³/mol. The van der Waals surface area contributed by atoms with Crippen molar-refractivity contribution >= 4 is 11.6 Å². The van der Waals surface area contributed by atoms with E-state index in [0.717, 1.165) is 29.0 Å². The number of nitrogens with one attached hydrogen (secondary N) is 1. The van der Waals surface area contributed by atoms with Crippen molar-refractivity contribution < 1.29 is 9.47 Å². The van der Waals surface area contributed by atoms with Gasteiger partial charge in [-0.1, -0.05) is 42.5 Å². The molecule has 5 heteroatoms. The summed E-state index contributed by atoms with van der Waals surface area (Å²) in [6.45, 7) is 4.40. The number of methoxy groups -OCH3 is 1. The standard InChI is InChI=1S/C19H25N3O2/c1-3-24-13-16-10-8-15(9-11-16)12-21-19(20)22-18-7-5-4-6-17(18)14-23-2/h4-11H,3,12-14H2,1-2H3,(H3,20,21,22). The van der Waals surface area contributed by atoms with Crippen molar-refractivity contribution in [3.05, 3.63) is 65.2 Å². The van der Waals surface area contributed by atoms with Crippen LogP contribution in [0.15, 0.2) is 53.5 Å². The monoisotopic (exact) mass is 327 g/mol. The Bertz CT molecular complexity index is 654. The zero-order chi connectivity index (χ0) is 17.2. The van der Waals surface area contributed by atoms with E-state index in [1.54, 1.807) is 7.11 Å². The number of nitrogens with zero attached hydrogens (tertiary/aromatic N) is 1. The molecule has 0 atom stereocenters. The average molecular weight is 327 g/mol. The molecule has 0 heterocycles. The number of nitrogens with two attached hydrogens (primary N) is 1. The van der Waals surface area contributed by atoms with E-state index >= 15 is 0 Å². The Morgan fingerprint density at radius 3 is 2.46 bits per heavy atom. The van der Waals surface area contributed by atoms with Gasteiger partial charge in [0.1, 0.15) is 0 Å². The number of rotatable bonds is 8. The van der Waals surface area contributed by atoms with Crippen molar-refractivity contribution in [2.24, 2.45) is 10.7 Å². The molecule has 0 aliphatic carbocycles. The molecule has 128 valence electrons. The summed E-state index contributed by atoms with van der Waals surface area (Å²) in [6.07, 6.45) is 0. The molecule has 0 unspecified atom stereocenters. The lowest BCUT2D eigenvalue weighted by Gasteiger charge is -2.11. The van der Waals surface area contributed by atoms with Crippen LogP contribution in [0.4, 0.5) is 5.69 Å². The summed E-state index contributed by atoms with van der Waals surface area (Å²) in [7, 11) is 1.67. The van der Waals surface area contributed by atoms with Gasteiger partial charge in [-0.05, 0) is 24.1 Å². The first kappa shape index (κ1) is 18.0. The van der Waals surface area contributed by atoms with Gasteiger partial charge in [0.05, 0.1) is 19.8 Å². The number of benzene rings is 2. The second kappa shape index (κ2) is 9.70. The first-order chi connectivity index (χ1) is 11.7. The summed E-state index contributed by atoms with van der Waals surface area (Å²) in [5.74, 6) is 0.386. The molecular formula is C19H25N3O2. The third-order valence-corrected chi connectivity index (χ3v) is 3.51. The molecule has 0 fully saturated rings. The van der Waals surface area contributed by atoms with E-state index in [-0.39, 0.29) is 0 Å². The van der Waals surface area contributed by atoms with Gasteiger partial charge in [0.15, 0.2) is 5.96 Å². The number of hydrogen-bond acceptors (Lipinski definition) is 3. The molecule has 0 aromatic heterocycles. The molecule has 0 aliphatic heterocycles. The summed E-state index contributed by atoms with van der Waals surface area (Å²) in [5.41, 5.74) is 10.2. The van der Waals surface area contributed by atoms with Crippen LogP contribution in [0.3, 0.4) is 0 Å². The molecule has 24 heavy (non-hydrogen) atoms. The highest BCUT2D eigenvalue weighted by atomic mass is 16.5. The number of guanidine groups is 1. The maximum atomic E-state index is 5.99. The molecule has 0 amide bonds. The molecule has 3 N–H and O–H groups in total. The van der Waals surface area contributed by atoms with E-state index in [9.17, 15) is 0 Å². The fraction of sp³-hybridized carbons (Fsp3) is 0.316. The van der Waals surface area contributed by atoms with Gasteiger partial charge in [-0.15, -0.1) is 0 Å². The van der Waals surface area contributed by atoms with Crippen molar-refractivity contribution in [3.8, 4) is 0 Å². The lowest BCUT2D eigenvalue weighted by atomic mass is 10.1. The molecule has 0 aliphatic rings. The number of anilines is 1. The quantitative estimate of drug-likeness (QED) is 0.576. The van der Waals surface area contributed by atoms with Crippen LogP contribution in [0.25, 0.3) is 0 Å². The van der Waals surface area contributed by atoms with Gasteiger partial charge in [-0.25, -0.2) is 4.99 Å². The van der Waals surface area contributed by atoms with Gasteiger partial charge in [0, 0.05) is 25.0 Å². The van der Waals surface area contributed by atoms with E-state index in [0.29, 0.717) is 25.7 Å². The third kappa shape index (κ3) is 5.68. The van der Waals surface area contributed by atoms with Crippen molar-refractivity contribution in [3.63, 3.8) is 0 Å². The first-order valence-corrected chi connectivity index (χ1v) is 8.02. The van der Waals surface area contributed by atoms with Gasteiger partial charge < -0.3 is 20.5 Å². The Labute approximate surface area is 143 Å². The third-order valence-electron chi connectivity index (χ3n) is 3.51. The second-order valence-corrected chi connectivity index (χ2v) is 5.37. The van der Waals surface area contributed by atoms with E-state index in [2.05, 4.69) is 22.4 Å². The Morgan fingerprint density at radius 1 is 1.04 bits per heavy atom. The van der Waals surface area contributed by atoms with Crippen molar-refractivity contribution in [1.29, 1.82) is 0 Å². The Hall–Kier alpha value is -2.37. The highest BCUT2D eigenvalue weighted by Gasteiger charge is 2.02. The summed E-state index contributed by atoms with van der Waals surface area (Å²) in [4.78, 5) is 4.39. The van der Waals surface area contributed by atoms with Gasteiger partial charge in [0.2, 0.25) is 0 Å². The zero-order valence-electron chi connectivity index (χ0n) is 14.3. The summed E-state index contributed by atoms with van der Waals surface area (Å²) >= 11 is 0. The fourth-order valence-corrected chi connectivity index (χ4v) is 2.24. The topological polar surface area (TPSA) is 68.9 Å². The Kier molecular flexibility index (Phi) is 7.26. The number of aliphatic imine (C=N–C) groups is 1. The van der Waals surface area contributed by atoms with Crippen LogP contribution < -0.4 is 11.1 Å². The van der Waals surface area contributed by atoms with Crippen LogP contribution in [-0.2, 0) is 29.2 Å². The van der Waals surface area contributed by atoms with Crippen LogP contribution in [0.1, 0.15) is 23.6 Å². The van der Waals surface area contributed by atoms with Crippen molar-refractivity contribution in [1.82, 2.24) is 0 Å². The minimum absolute atomic E-state index is 0.386. The van der Waals surface area contributed by atoms with Gasteiger partial charge >= 0.3 is 0 Å². The summed E-state index contributed by atoms with van der Waals surface area (Å²) in [6, 6.07) is 16.1. The van der Waals surface area contributed by atoms with E-state index in [1.165, 1.54) is 0 Å². The normalized spacial score (nSPS) is 11.5. The van der Waals surface area contributed by atoms with Crippen molar-refractivity contribution in [2.45, 2.75) is 26.7 Å². The highest BCUT2D eigenvalue weighted by molar-refractivity contribution is 5.92. The van der Waals surface area contributed by atoms with Crippen LogP contribution in [0.2, 0.25) is 0 Å². The van der Waals surface area contributed by atoms with Crippen molar-refractivity contribution in [2.75, 3.05) is 19.0 Å². The molecule has 0 saturated carbocycles. The largest absolute Gasteiger partial charge is 0.380 e. The lowest BCUT2D eigenvalue weighted by Crippen LogP contribution is -2.23. The van der Waals surface area contributed by atoms with Gasteiger partial charge in [0.25, 0.3) is 0 Å². The molecule has 0 bridgehead atoms. The molecule has 0 spiro atoms. The molecular weight excluding hydrogens is 302 g/mol. The minimum Gasteiger partial charge on any atom is -0.380 e. The minimum atomic E-state index is 0.386. The number of para-hydroxylation sites is 1. The molecule has 2 rings (SSSR count). The number of hydrogen-bond donors (Lipinski definition) is 2. The molecule has 5 nitrogen and oxygen atoms in total. The Morgan fingerprint density at radius 2 is 1.75 bits per heavy atom.